The van der Waals surface area contributed by atoms with Crippen molar-refractivity contribution in [2.45, 2.75) is 0 Å². The van der Waals surface area contributed by atoms with Crippen molar-refractivity contribution in [3.8, 4) is 17.6 Å². The quantitative estimate of drug-likeness (QED) is 0.721. The Bertz CT molecular complexity index is 871. The van der Waals surface area contributed by atoms with E-state index in [1.54, 1.807) is 36.5 Å². The second-order valence-electron chi connectivity index (χ2n) is 4.41. The van der Waals surface area contributed by atoms with Crippen molar-refractivity contribution in [3.05, 3.63) is 59.2 Å². The van der Waals surface area contributed by atoms with Crippen molar-refractivity contribution >= 4 is 28.2 Å². The van der Waals surface area contributed by atoms with E-state index in [0.29, 0.717) is 33.3 Å². The molecule has 0 radical (unpaired) electrons. The molecule has 1 aromatic heterocycles. The van der Waals surface area contributed by atoms with Crippen LogP contribution in [0.2, 0.25) is 5.02 Å². The Morgan fingerprint density at radius 2 is 1.95 bits per heavy atom. The largest absolute Gasteiger partial charge is 0.455 e. The lowest BCUT2D eigenvalue weighted by molar-refractivity contribution is 0.486. The van der Waals surface area contributed by atoms with Gasteiger partial charge in [-0.2, -0.15) is 5.26 Å². The van der Waals surface area contributed by atoms with E-state index >= 15 is 0 Å². The second kappa shape index (κ2) is 5.31. The third-order valence-electron chi connectivity index (χ3n) is 3.04. The first-order valence-corrected chi connectivity index (χ1v) is 6.57. The van der Waals surface area contributed by atoms with E-state index in [9.17, 15) is 0 Å². The maximum absolute atomic E-state index is 9.16. The zero-order valence-electron chi connectivity index (χ0n) is 10.9. The summed E-state index contributed by atoms with van der Waals surface area (Å²) in [7, 11) is 0. The smallest absolute Gasteiger partial charge is 0.145 e. The summed E-state index contributed by atoms with van der Waals surface area (Å²) >= 11 is 5.88. The monoisotopic (exact) mass is 295 g/mol. The lowest BCUT2D eigenvalue weighted by Gasteiger charge is -2.11. The number of halogens is 1. The fourth-order valence-electron chi connectivity index (χ4n) is 2.05. The minimum absolute atomic E-state index is 0.372. The first kappa shape index (κ1) is 13.2. The molecule has 0 bridgehead atoms. The van der Waals surface area contributed by atoms with Gasteiger partial charge < -0.3 is 10.5 Å². The Morgan fingerprint density at radius 3 is 2.76 bits per heavy atom. The molecule has 0 aliphatic heterocycles. The Balaban J connectivity index is 2.11. The van der Waals surface area contributed by atoms with E-state index in [0.717, 1.165) is 5.39 Å². The number of aromatic nitrogens is 1. The number of nitrogens with two attached hydrogens (primary N) is 1. The molecule has 0 aliphatic carbocycles. The Morgan fingerprint density at radius 1 is 1.14 bits per heavy atom. The molecule has 0 spiro atoms. The number of nitriles is 1. The molecule has 0 aliphatic rings. The number of hydrogen-bond donors (Lipinski definition) is 1. The van der Waals surface area contributed by atoms with Gasteiger partial charge in [0.25, 0.3) is 0 Å². The summed E-state index contributed by atoms with van der Waals surface area (Å²) in [5.41, 5.74) is 7.53. The fourth-order valence-corrected chi connectivity index (χ4v) is 2.23. The van der Waals surface area contributed by atoms with Gasteiger partial charge in [-0.25, -0.2) is 0 Å². The van der Waals surface area contributed by atoms with Gasteiger partial charge in [0.15, 0.2) is 0 Å². The predicted molar refractivity (Wildman–Crippen MR) is 82.4 cm³/mol. The van der Waals surface area contributed by atoms with Crippen molar-refractivity contribution < 1.29 is 4.74 Å². The summed E-state index contributed by atoms with van der Waals surface area (Å²) in [6, 6.07) is 14.1. The molecular formula is C16H10ClN3O. The maximum atomic E-state index is 9.16. The van der Waals surface area contributed by atoms with Crippen LogP contribution in [0.5, 0.6) is 11.5 Å². The first-order chi connectivity index (χ1) is 10.2. The van der Waals surface area contributed by atoms with E-state index in [1.165, 1.54) is 0 Å². The summed E-state index contributed by atoms with van der Waals surface area (Å²) in [6.07, 6.45) is 1.67. The van der Waals surface area contributed by atoms with Gasteiger partial charge >= 0.3 is 0 Å². The van der Waals surface area contributed by atoms with Gasteiger partial charge in [-0.15, -0.1) is 0 Å². The van der Waals surface area contributed by atoms with E-state index < -0.39 is 0 Å². The standard InChI is InChI=1S/C16H10ClN3O/c17-11-3-5-14(10(8-11)9-18)21-15-6-4-13(19)16-12(15)2-1-7-20-16/h1-8H,19H2. The maximum Gasteiger partial charge on any atom is 0.145 e. The third kappa shape index (κ3) is 2.47. The molecule has 3 rings (SSSR count). The van der Waals surface area contributed by atoms with E-state index in [2.05, 4.69) is 11.1 Å². The lowest BCUT2D eigenvalue weighted by atomic mass is 10.1. The van der Waals surface area contributed by atoms with Crippen molar-refractivity contribution in [2.75, 3.05) is 5.73 Å². The number of nitrogen functional groups attached to an aromatic ring is 1. The Labute approximate surface area is 126 Å². The van der Waals surface area contributed by atoms with Crippen LogP contribution in [0.15, 0.2) is 48.7 Å². The summed E-state index contributed by atoms with van der Waals surface area (Å²) in [4.78, 5) is 4.25. The van der Waals surface area contributed by atoms with Gasteiger partial charge in [0.1, 0.15) is 17.6 Å². The van der Waals surface area contributed by atoms with Crippen LogP contribution in [0.1, 0.15) is 5.56 Å². The summed E-state index contributed by atoms with van der Waals surface area (Å²) in [5, 5.41) is 10.4. The second-order valence-corrected chi connectivity index (χ2v) is 4.84. The molecule has 0 unspecified atom stereocenters. The number of ether oxygens (including phenoxy) is 1. The summed E-state index contributed by atoms with van der Waals surface area (Å²) < 4.78 is 5.85. The molecule has 0 saturated carbocycles. The van der Waals surface area contributed by atoms with Crippen molar-refractivity contribution in [1.29, 1.82) is 5.26 Å². The fraction of sp³-hybridized carbons (Fsp3) is 0. The van der Waals surface area contributed by atoms with Gasteiger partial charge in [-0.1, -0.05) is 11.6 Å². The van der Waals surface area contributed by atoms with Crippen LogP contribution in [0.25, 0.3) is 10.9 Å². The van der Waals surface area contributed by atoms with Gasteiger partial charge in [-0.3, -0.25) is 4.98 Å². The molecule has 0 amide bonds. The lowest BCUT2D eigenvalue weighted by Crippen LogP contribution is -1.93. The van der Waals surface area contributed by atoms with E-state index in [-0.39, 0.29) is 0 Å². The molecule has 4 nitrogen and oxygen atoms in total. The molecule has 102 valence electrons. The zero-order valence-corrected chi connectivity index (χ0v) is 11.6. The number of hydrogen-bond acceptors (Lipinski definition) is 4. The number of rotatable bonds is 2. The highest BCUT2D eigenvalue weighted by molar-refractivity contribution is 6.30. The predicted octanol–water partition coefficient (Wildman–Crippen LogP) is 4.13. The minimum atomic E-state index is 0.372. The normalized spacial score (nSPS) is 10.3. The average molecular weight is 296 g/mol. The highest BCUT2D eigenvalue weighted by Crippen LogP contribution is 2.33. The molecular weight excluding hydrogens is 286 g/mol. The number of pyridine rings is 1. The van der Waals surface area contributed by atoms with Crippen molar-refractivity contribution in [2.24, 2.45) is 0 Å². The van der Waals surface area contributed by atoms with Gasteiger partial charge in [0.2, 0.25) is 0 Å². The van der Waals surface area contributed by atoms with Crippen molar-refractivity contribution in [3.63, 3.8) is 0 Å². The number of nitrogens with zero attached hydrogens (tertiary/aromatic N) is 2. The number of benzene rings is 2. The highest BCUT2D eigenvalue weighted by Gasteiger charge is 2.10. The molecule has 2 N–H and O–H groups in total. The number of anilines is 1. The van der Waals surface area contributed by atoms with E-state index in [4.69, 9.17) is 27.3 Å². The number of fused-ring (bicyclic) bond motifs is 1. The van der Waals surface area contributed by atoms with Crippen LogP contribution in [0.3, 0.4) is 0 Å². The van der Waals surface area contributed by atoms with Crippen molar-refractivity contribution in [1.82, 2.24) is 4.98 Å². The molecule has 3 aromatic rings. The minimum Gasteiger partial charge on any atom is -0.455 e. The topological polar surface area (TPSA) is 71.9 Å². The van der Waals surface area contributed by atoms with Crippen LogP contribution in [0.4, 0.5) is 5.69 Å². The van der Waals surface area contributed by atoms with Crippen LogP contribution >= 0.6 is 11.6 Å². The summed E-state index contributed by atoms with van der Waals surface area (Å²) in [6.45, 7) is 0. The molecule has 1 heterocycles. The summed E-state index contributed by atoms with van der Waals surface area (Å²) in [5.74, 6) is 1.03. The van der Waals surface area contributed by atoms with Crippen LogP contribution in [0, 0.1) is 11.3 Å². The SMILES string of the molecule is N#Cc1cc(Cl)ccc1Oc1ccc(N)c2ncccc12. The zero-order chi connectivity index (χ0) is 14.8. The molecule has 0 saturated heterocycles. The average Bonchev–Trinajstić information content (AvgIpc) is 2.52. The van der Waals surface area contributed by atoms with E-state index in [1.807, 2.05) is 12.1 Å². The highest BCUT2D eigenvalue weighted by atomic mass is 35.5. The van der Waals surface area contributed by atoms with Gasteiger partial charge in [0.05, 0.1) is 16.8 Å². The molecule has 2 aromatic carbocycles. The van der Waals surface area contributed by atoms with Gasteiger partial charge in [0, 0.05) is 16.6 Å². The van der Waals surface area contributed by atoms with Gasteiger partial charge in [-0.05, 0) is 42.5 Å². The molecule has 5 heteroatoms. The molecule has 0 atom stereocenters. The third-order valence-corrected chi connectivity index (χ3v) is 3.28. The molecule has 21 heavy (non-hydrogen) atoms. The first-order valence-electron chi connectivity index (χ1n) is 6.20. The molecule has 0 fully saturated rings. The Kier molecular flexibility index (Phi) is 3.35. The van der Waals surface area contributed by atoms with Crippen LogP contribution in [-0.4, -0.2) is 4.98 Å². The van der Waals surface area contributed by atoms with Crippen LogP contribution < -0.4 is 10.5 Å². The Hall–Kier alpha value is -2.77. The van der Waals surface area contributed by atoms with Crippen LogP contribution in [-0.2, 0) is 0 Å².